The van der Waals surface area contributed by atoms with E-state index in [2.05, 4.69) is 51.4 Å². The first kappa shape index (κ1) is 17.3. The number of benzene rings is 1. The summed E-state index contributed by atoms with van der Waals surface area (Å²) in [5, 5.41) is 18.0. The number of imidazole rings is 1. The van der Waals surface area contributed by atoms with Crippen LogP contribution < -0.4 is 0 Å². The third-order valence-corrected chi connectivity index (χ3v) is 6.84. The minimum absolute atomic E-state index is 0.557. The van der Waals surface area contributed by atoms with Crippen LogP contribution in [0.1, 0.15) is 11.1 Å². The highest BCUT2D eigenvalue weighted by atomic mass is 32.1. The molecule has 4 heterocycles. The Kier molecular flexibility index (Phi) is 4.18. The molecule has 0 radical (unpaired) electrons. The van der Waals surface area contributed by atoms with E-state index in [0.717, 1.165) is 42.1 Å². The van der Waals surface area contributed by atoms with Crippen molar-refractivity contribution in [3.05, 3.63) is 71.9 Å². The predicted molar refractivity (Wildman–Crippen MR) is 115 cm³/mol. The van der Waals surface area contributed by atoms with E-state index in [1.165, 1.54) is 0 Å². The number of aromatic amines is 1. The molecule has 1 N–H and O–H groups in total. The zero-order valence-electron chi connectivity index (χ0n) is 14.9. The van der Waals surface area contributed by atoms with Crippen LogP contribution in [0.15, 0.2) is 60.8 Å². The maximum atomic E-state index is 9.06. The maximum absolute atomic E-state index is 9.06. The summed E-state index contributed by atoms with van der Waals surface area (Å²) in [7, 11) is 0. The smallest absolute Gasteiger partial charge is 0.148 e. The average Bonchev–Trinajstić information content (AvgIpc) is 3.51. The first-order chi connectivity index (χ1) is 14.2. The van der Waals surface area contributed by atoms with Crippen LogP contribution in [0.4, 0.5) is 0 Å². The summed E-state index contributed by atoms with van der Waals surface area (Å²) in [6.45, 7) is 0. The molecule has 5 rings (SSSR count). The molecule has 0 unspecified atom stereocenters. The van der Waals surface area contributed by atoms with Crippen molar-refractivity contribution < 1.29 is 0 Å². The number of hydrogen-bond acceptors (Lipinski definition) is 6. The zero-order chi connectivity index (χ0) is 19.8. The molecule has 136 valence electrons. The van der Waals surface area contributed by atoms with Gasteiger partial charge in [-0.1, -0.05) is 0 Å². The fraction of sp³-hybridized carbons (Fsp3) is 0. The van der Waals surface area contributed by atoms with Gasteiger partial charge in [0.15, 0.2) is 0 Å². The lowest BCUT2D eigenvalue weighted by molar-refractivity contribution is 1.31. The molecule has 0 atom stereocenters. The average molecular weight is 409 g/mol. The molecule has 7 heteroatoms. The number of thiophene rings is 2. The van der Waals surface area contributed by atoms with Gasteiger partial charge in [-0.25, -0.2) is 4.98 Å². The third-order valence-electron chi connectivity index (χ3n) is 4.44. The molecule has 5 nitrogen and oxygen atoms in total. The second kappa shape index (κ2) is 6.99. The summed E-state index contributed by atoms with van der Waals surface area (Å²) in [6, 6.07) is 21.6. The fourth-order valence-electron chi connectivity index (χ4n) is 3.01. The van der Waals surface area contributed by atoms with Crippen molar-refractivity contribution >= 4 is 33.7 Å². The van der Waals surface area contributed by atoms with E-state index in [-0.39, 0.29) is 0 Å². The van der Waals surface area contributed by atoms with Crippen LogP contribution in [0.3, 0.4) is 0 Å². The van der Waals surface area contributed by atoms with Gasteiger partial charge in [0.05, 0.1) is 43.7 Å². The molecule has 0 saturated heterocycles. The van der Waals surface area contributed by atoms with Gasteiger partial charge in [0.25, 0.3) is 0 Å². The maximum Gasteiger partial charge on any atom is 0.148 e. The molecular formula is C22H11N5S2. The number of hydrogen-bond donors (Lipinski definition) is 1. The van der Waals surface area contributed by atoms with Gasteiger partial charge in [0, 0.05) is 16.0 Å². The van der Waals surface area contributed by atoms with Crippen LogP contribution in [0.5, 0.6) is 0 Å². The number of fused-ring (bicyclic) bond motifs is 1. The molecule has 4 aromatic heterocycles. The normalized spacial score (nSPS) is 10.7. The Balaban J connectivity index is 1.45. The molecule has 1 aromatic carbocycles. The Hall–Kier alpha value is -3.78. The molecule has 0 amide bonds. The Morgan fingerprint density at radius 3 is 2.17 bits per heavy atom. The molecule has 0 saturated carbocycles. The van der Waals surface area contributed by atoms with E-state index in [1.807, 2.05) is 18.2 Å². The lowest BCUT2D eigenvalue weighted by Crippen LogP contribution is -1.81. The largest absolute Gasteiger partial charge is 0.337 e. The zero-order valence-corrected chi connectivity index (χ0v) is 16.5. The van der Waals surface area contributed by atoms with Crippen LogP contribution >= 0.6 is 22.7 Å². The Bertz CT molecular complexity index is 1420. The molecule has 0 bridgehead atoms. The van der Waals surface area contributed by atoms with Crippen LogP contribution in [0.2, 0.25) is 0 Å². The molecule has 29 heavy (non-hydrogen) atoms. The number of H-pyrrole nitrogens is 1. The SMILES string of the molecule is N#Cc1ccc(-c2ccc(-c3ccc(-c4nc5ccc(C#N)cc5[nH]4)s3)s2)nc1. The second-order valence-corrected chi connectivity index (χ2v) is 8.47. The van der Waals surface area contributed by atoms with Crippen LogP contribution in [-0.4, -0.2) is 15.0 Å². The predicted octanol–water partition coefficient (Wildman–Crippen LogP) is 5.83. The lowest BCUT2D eigenvalue weighted by atomic mass is 10.2. The summed E-state index contributed by atoms with van der Waals surface area (Å²) in [6.07, 6.45) is 1.59. The molecule has 0 fully saturated rings. The Morgan fingerprint density at radius 2 is 1.45 bits per heavy atom. The highest BCUT2D eigenvalue weighted by Gasteiger charge is 2.12. The van der Waals surface area contributed by atoms with Gasteiger partial charge in [-0.3, -0.25) is 4.98 Å². The molecule has 0 aliphatic carbocycles. The molecule has 0 aliphatic rings. The second-order valence-electron chi connectivity index (χ2n) is 6.30. The summed E-state index contributed by atoms with van der Waals surface area (Å²) < 4.78 is 0. The third kappa shape index (κ3) is 3.19. The Morgan fingerprint density at radius 1 is 0.759 bits per heavy atom. The fourth-order valence-corrected chi connectivity index (χ4v) is 5.03. The van der Waals surface area contributed by atoms with E-state index in [1.54, 1.807) is 41.0 Å². The standard InChI is InChI=1S/C22H11N5S2/c23-10-13-1-3-15-17(9-13)27-22(26-15)21-8-7-20(29-21)19-6-5-18(28-19)16-4-2-14(11-24)12-25-16/h1-9,12H,(H,26,27). The molecule has 5 aromatic rings. The lowest BCUT2D eigenvalue weighted by Gasteiger charge is -1.95. The van der Waals surface area contributed by atoms with Crippen molar-refractivity contribution in [3.8, 4) is 43.2 Å². The minimum Gasteiger partial charge on any atom is -0.337 e. The number of aromatic nitrogens is 3. The molecule has 0 spiro atoms. The summed E-state index contributed by atoms with van der Waals surface area (Å²) in [5.74, 6) is 0.803. The van der Waals surface area contributed by atoms with Crippen molar-refractivity contribution in [2.45, 2.75) is 0 Å². The van der Waals surface area contributed by atoms with Gasteiger partial charge >= 0.3 is 0 Å². The van der Waals surface area contributed by atoms with Crippen molar-refractivity contribution in [3.63, 3.8) is 0 Å². The van der Waals surface area contributed by atoms with E-state index < -0.39 is 0 Å². The van der Waals surface area contributed by atoms with E-state index in [9.17, 15) is 0 Å². The number of nitriles is 2. The summed E-state index contributed by atoms with van der Waals surface area (Å²) >= 11 is 3.34. The summed E-state index contributed by atoms with van der Waals surface area (Å²) in [4.78, 5) is 16.7. The van der Waals surface area contributed by atoms with Gasteiger partial charge < -0.3 is 4.98 Å². The van der Waals surface area contributed by atoms with Gasteiger partial charge in [-0.05, 0) is 54.6 Å². The summed E-state index contributed by atoms with van der Waals surface area (Å²) in [5.41, 5.74) is 3.74. The van der Waals surface area contributed by atoms with E-state index in [4.69, 9.17) is 10.5 Å². The van der Waals surface area contributed by atoms with Crippen molar-refractivity contribution in [2.24, 2.45) is 0 Å². The van der Waals surface area contributed by atoms with Gasteiger partial charge in [-0.2, -0.15) is 10.5 Å². The van der Waals surface area contributed by atoms with Gasteiger partial charge in [0.2, 0.25) is 0 Å². The van der Waals surface area contributed by atoms with Gasteiger partial charge in [-0.15, -0.1) is 22.7 Å². The topological polar surface area (TPSA) is 89.1 Å². The molecule has 0 aliphatic heterocycles. The van der Waals surface area contributed by atoms with Crippen molar-refractivity contribution in [2.75, 3.05) is 0 Å². The van der Waals surface area contributed by atoms with Crippen LogP contribution in [-0.2, 0) is 0 Å². The Labute approximate surface area is 174 Å². The quantitative estimate of drug-likeness (QED) is 0.406. The van der Waals surface area contributed by atoms with Gasteiger partial charge in [0.1, 0.15) is 11.9 Å². The number of rotatable bonds is 3. The molecular weight excluding hydrogens is 398 g/mol. The van der Waals surface area contributed by atoms with Crippen LogP contribution in [0, 0.1) is 22.7 Å². The monoisotopic (exact) mass is 409 g/mol. The first-order valence-electron chi connectivity index (χ1n) is 8.70. The number of nitrogens with zero attached hydrogens (tertiary/aromatic N) is 4. The highest BCUT2D eigenvalue weighted by Crippen LogP contribution is 2.39. The van der Waals surface area contributed by atoms with E-state index >= 15 is 0 Å². The number of nitrogens with one attached hydrogen (secondary N) is 1. The first-order valence-corrected chi connectivity index (χ1v) is 10.3. The van der Waals surface area contributed by atoms with Crippen molar-refractivity contribution in [1.29, 1.82) is 10.5 Å². The van der Waals surface area contributed by atoms with E-state index in [0.29, 0.717) is 11.1 Å². The highest BCUT2D eigenvalue weighted by molar-refractivity contribution is 7.25. The number of pyridine rings is 1. The van der Waals surface area contributed by atoms with Crippen molar-refractivity contribution in [1.82, 2.24) is 15.0 Å². The van der Waals surface area contributed by atoms with Crippen LogP contribution in [0.25, 0.3) is 42.1 Å². The minimum atomic E-state index is 0.557.